The molecule has 2 bridgehead atoms. The number of hydrogen-bond acceptors (Lipinski definition) is 3. The maximum Gasteiger partial charge on any atom is 0.0727 e. The van der Waals surface area contributed by atoms with Crippen LogP contribution in [0.25, 0.3) is 0 Å². The summed E-state index contributed by atoms with van der Waals surface area (Å²) in [4.78, 5) is 6.58. The van der Waals surface area contributed by atoms with Crippen molar-refractivity contribution in [3.63, 3.8) is 0 Å². The predicted octanol–water partition coefficient (Wildman–Crippen LogP) is 1.08. The van der Waals surface area contributed by atoms with Crippen LogP contribution in [-0.2, 0) is 6.42 Å². The van der Waals surface area contributed by atoms with Crippen molar-refractivity contribution in [2.75, 3.05) is 13.1 Å². The van der Waals surface area contributed by atoms with Crippen molar-refractivity contribution in [3.8, 4) is 0 Å². The molecule has 3 aliphatic rings. The summed E-state index contributed by atoms with van der Waals surface area (Å²) < 4.78 is 0. The maximum atomic E-state index is 10.3. The fourth-order valence-corrected chi connectivity index (χ4v) is 3.13. The molecule has 3 aliphatic heterocycles. The van der Waals surface area contributed by atoms with Gasteiger partial charge in [-0.25, -0.2) is 0 Å². The number of nitrogens with zero attached hydrogens (tertiary/aromatic N) is 2. The number of pyridine rings is 1. The third-order valence-corrected chi connectivity index (χ3v) is 4.09. The second kappa shape index (κ2) is 4.15. The summed E-state index contributed by atoms with van der Waals surface area (Å²) in [5, 5.41) is 10.3. The van der Waals surface area contributed by atoms with E-state index in [1.165, 1.54) is 18.4 Å². The van der Waals surface area contributed by atoms with E-state index in [9.17, 15) is 5.11 Å². The number of aromatic nitrogens is 1. The first-order chi connectivity index (χ1) is 7.84. The zero-order chi connectivity index (χ0) is 11.0. The molecule has 2 atom stereocenters. The predicted molar refractivity (Wildman–Crippen MR) is 62.0 cm³/mol. The lowest BCUT2D eigenvalue weighted by atomic mass is 9.79. The summed E-state index contributed by atoms with van der Waals surface area (Å²) in [6.45, 7) is 2.32. The molecular formula is C13H18N2O. The molecule has 3 saturated heterocycles. The summed E-state index contributed by atoms with van der Waals surface area (Å²) in [6.07, 6.45) is 6.85. The smallest absolute Gasteiger partial charge is 0.0727 e. The molecule has 4 rings (SSSR count). The van der Waals surface area contributed by atoms with Gasteiger partial charge in [-0.1, -0.05) is 6.07 Å². The van der Waals surface area contributed by atoms with Gasteiger partial charge in [-0.15, -0.1) is 0 Å². The lowest BCUT2D eigenvalue weighted by molar-refractivity contribution is -0.0715. The molecule has 0 radical (unpaired) electrons. The summed E-state index contributed by atoms with van der Waals surface area (Å²) in [6, 6.07) is 4.39. The number of aliphatic hydroxyl groups is 1. The first-order valence-corrected chi connectivity index (χ1v) is 6.15. The SMILES string of the molecule is O[C@@H]1C2CCN(CC2)[C@@H]1Cc1cccnc1. The summed E-state index contributed by atoms with van der Waals surface area (Å²) >= 11 is 0. The molecule has 0 saturated carbocycles. The highest BCUT2D eigenvalue weighted by Crippen LogP contribution is 2.33. The van der Waals surface area contributed by atoms with E-state index in [0.717, 1.165) is 19.5 Å². The van der Waals surface area contributed by atoms with Gasteiger partial charge in [0.25, 0.3) is 0 Å². The standard InChI is InChI=1S/C13H18N2O/c16-13-11-3-6-15(7-4-11)12(13)8-10-2-1-5-14-9-10/h1-2,5,9,11-13,16H,3-4,6-8H2/t12-,13-/m1/s1. The highest BCUT2D eigenvalue weighted by atomic mass is 16.3. The van der Waals surface area contributed by atoms with E-state index in [-0.39, 0.29) is 6.10 Å². The van der Waals surface area contributed by atoms with E-state index < -0.39 is 0 Å². The Hall–Kier alpha value is -0.930. The number of hydrogen-bond donors (Lipinski definition) is 1. The van der Waals surface area contributed by atoms with E-state index in [2.05, 4.69) is 16.0 Å². The number of fused-ring (bicyclic) bond motifs is 3. The van der Waals surface area contributed by atoms with Gasteiger partial charge in [-0.3, -0.25) is 9.88 Å². The molecular weight excluding hydrogens is 200 g/mol. The van der Waals surface area contributed by atoms with Gasteiger partial charge in [0.2, 0.25) is 0 Å². The lowest BCUT2D eigenvalue weighted by Gasteiger charge is -2.49. The average Bonchev–Trinajstić information content (AvgIpc) is 2.36. The molecule has 1 aromatic rings. The van der Waals surface area contributed by atoms with Crippen LogP contribution in [0, 0.1) is 5.92 Å². The molecule has 3 heteroatoms. The first kappa shape index (κ1) is 10.2. The average molecular weight is 218 g/mol. The summed E-state index contributed by atoms with van der Waals surface area (Å²) in [5.74, 6) is 0.534. The Morgan fingerprint density at radius 3 is 2.81 bits per heavy atom. The zero-order valence-corrected chi connectivity index (χ0v) is 9.42. The molecule has 0 aromatic carbocycles. The van der Waals surface area contributed by atoms with Crippen molar-refractivity contribution >= 4 is 0 Å². The highest BCUT2D eigenvalue weighted by molar-refractivity contribution is 5.12. The first-order valence-electron chi connectivity index (χ1n) is 6.15. The van der Waals surface area contributed by atoms with Crippen LogP contribution in [0.5, 0.6) is 0 Å². The molecule has 4 heterocycles. The Kier molecular flexibility index (Phi) is 2.65. The molecule has 86 valence electrons. The van der Waals surface area contributed by atoms with Crippen molar-refractivity contribution in [2.45, 2.75) is 31.4 Å². The summed E-state index contributed by atoms with van der Waals surface area (Å²) in [5.41, 5.74) is 1.24. The number of rotatable bonds is 2. The second-order valence-electron chi connectivity index (χ2n) is 5.00. The minimum absolute atomic E-state index is 0.136. The van der Waals surface area contributed by atoms with Crippen LogP contribution >= 0.6 is 0 Å². The van der Waals surface area contributed by atoms with Gasteiger partial charge < -0.3 is 5.11 Å². The van der Waals surface area contributed by atoms with Crippen LogP contribution in [0.2, 0.25) is 0 Å². The molecule has 0 amide bonds. The Labute approximate surface area is 96.1 Å². The number of piperidine rings is 3. The second-order valence-corrected chi connectivity index (χ2v) is 5.00. The van der Waals surface area contributed by atoms with Gasteiger partial charge in [0.15, 0.2) is 0 Å². The molecule has 16 heavy (non-hydrogen) atoms. The third kappa shape index (κ3) is 1.74. The Balaban J connectivity index is 1.75. The van der Waals surface area contributed by atoms with Crippen LogP contribution < -0.4 is 0 Å². The Morgan fingerprint density at radius 1 is 1.38 bits per heavy atom. The molecule has 1 N–H and O–H groups in total. The quantitative estimate of drug-likeness (QED) is 0.807. The van der Waals surface area contributed by atoms with Crippen LogP contribution in [0.15, 0.2) is 24.5 Å². The van der Waals surface area contributed by atoms with E-state index in [4.69, 9.17) is 0 Å². The van der Waals surface area contributed by atoms with Crippen molar-refractivity contribution in [3.05, 3.63) is 30.1 Å². The van der Waals surface area contributed by atoms with E-state index in [1.807, 2.05) is 12.3 Å². The van der Waals surface area contributed by atoms with Gasteiger partial charge >= 0.3 is 0 Å². The number of aliphatic hydroxyl groups excluding tert-OH is 1. The maximum absolute atomic E-state index is 10.3. The third-order valence-electron chi connectivity index (χ3n) is 4.09. The van der Waals surface area contributed by atoms with Crippen LogP contribution in [0.1, 0.15) is 18.4 Å². The van der Waals surface area contributed by atoms with Gasteiger partial charge in [0, 0.05) is 18.4 Å². The Morgan fingerprint density at radius 2 is 2.19 bits per heavy atom. The van der Waals surface area contributed by atoms with E-state index in [0.29, 0.717) is 12.0 Å². The van der Waals surface area contributed by atoms with Crippen molar-refractivity contribution in [2.24, 2.45) is 5.92 Å². The fraction of sp³-hybridized carbons (Fsp3) is 0.615. The van der Waals surface area contributed by atoms with Crippen molar-refractivity contribution in [1.29, 1.82) is 0 Å². The molecule has 0 unspecified atom stereocenters. The van der Waals surface area contributed by atoms with Gasteiger partial charge in [-0.2, -0.15) is 0 Å². The zero-order valence-electron chi connectivity index (χ0n) is 9.42. The molecule has 1 aromatic heterocycles. The minimum atomic E-state index is -0.136. The fourth-order valence-electron chi connectivity index (χ4n) is 3.13. The Bertz CT molecular complexity index is 344. The summed E-state index contributed by atoms with van der Waals surface area (Å²) in [7, 11) is 0. The van der Waals surface area contributed by atoms with Gasteiger partial charge in [-0.05, 0) is 49.9 Å². The van der Waals surface area contributed by atoms with E-state index in [1.54, 1.807) is 6.20 Å². The van der Waals surface area contributed by atoms with E-state index >= 15 is 0 Å². The monoisotopic (exact) mass is 218 g/mol. The van der Waals surface area contributed by atoms with Crippen molar-refractivity contribution < 1.29 is 5.11 Å². The molecule has 3 fully saturated rings. The van der Waals surface area contributed by atoms with Crippen LogP contribution in [0.3, 0.4) is 0 Å². The van der Waals surface area contributed by atoms with Crippen molar-refractivity contribution in [1.82, 2.24) is 9.88 Å². The molecule has 0 aliphatic carbocycles. The van der Waals surface area contributed by atoms with Crippen LogP contribution in [0.4, 0.5) is 0 Å². The van der Waals surface area contributed by atoms with Gasteiger partial charge in [0.1, 0.15) is 0 Å². The topological polar surface area (TPSA) is 36.4 Å². The highest BCUT2D eigenvalue weighted by Gasteiger charge is 2.40. The lowest BCUT2D eigenvalue weighted by Crippen LogP contribution is -2.58. The molecule has 3 nitrogen and oxygen atoms in total. The largest absolute Gasteiger partial charge is 0.391 e. The molecule has 0 spiro atoms. The van der Waals surface area contributed by atoms with Gasteiger partial charge in [0.05, 0.1) is 6.10 Å². The minimum Gasteiger partial charge on any atom is -0.391 e. The van der Waals surface area contributed by atoms with Crippen LogP contribution in [-0.4, -0.2) is 40.2 Å². The normalized spacial score (nSPS) is 37.6.